The second kappa shape index (κ2) is 2.97. The van der Waals surface area contributed by atoms with Crippen LogP contribution >= 0.6 is 0 Å². The van der Waals surface area contributed by atoms with Crippen molar-refractivity contribution >= 4 is 6.21 Å². The van der Waals surface area contributed by atoms with Crippen molar-refractivity contribution in [3.8, 4) is 0 Å². The van der Waals surface area contributed by atoms with Crippen molar-refractivity contribution in [3.05, 3.63) is 35.4 Å². The second-order valence-corrected chi connectivity index (χ2v) is 3.14. The van der Waals surface area contributed by atoms with E-state index in [1.54, 1.807) is 0 Å². The van der Waals surface area contributed by atoms with E-state index in [2.05, 4.69) is 41.7 Å². The molecule has 0 amide bonds. The molecule has 0 aromatic heterocycles. The lowest BCUT2D eigenvalue weighted by atomic mass is 10.0. The Morgan fingerprint density at radius 2 is 2.42 bits per heavy atom. The van der Waals surface area contributed by atoms with Gasteiger partial charge in [-0.1, -0.05) is 29.8 Å². The van der Waals surface area contributed by atoms with Crippen molar-refractivity contribution in [1.29, 1.82) is 0 Å². The van der Waals surface area contributed by atoms with E-state index in [4.69, 9.17) is 0 Å². The predicted octanol–water partition coefficient (Wildman–Crippen LogP) is 2.02. The zero-order valence-electron chi connectivity index (χ0n) is 7.12. The molecule has 62 valence electrons. The van der Waals surface area contributed by atoms with Crippen molar-refractivity contribution in [2.75, 3.05) is 0 Å². The zero-order chi connectivity index (χ0) is 8.39. The first-order valence-electron chi connectivity index (χ1n) is 4.20. The van der Waals surface area contributed by atoms with Crippen LogP contribution in [0.25, 0.3) is 0 Å². The highest BCUT2D eigenvalue weighted by Gasteiger charge is 2.12. The molecule has 1 aromatic rings. The minimum atomic E-state index is 0.393. The number of aryl methyl sites for hydroxylation is 1. The summed E-state index contributed by atoms with van der Waals surface area (Å²) >= 11 is 0. The Morgan fingerprint density at radius 3 is 3.08 bits per heavy atom. The van der Waals surface area contributed by atoms with E-state index in [0.717, 1.165) is 6.42 Å². The number of nitrogens with one attached hydrogen (secondary N) is 1. The van der Waals surface area contributed by atoms with Crippen LogP contribution in [0.2, 0.25) is 0 Å². The summed E-state index contributed by atoms with van der Waals surface area (Å²) < 4.78 is 0. The van der Waals surface area contributed by atoms with E-state index in [-0.39, 0.29) is 0 Å². The van der Waals surface area contributed by atoms with Crippen LogP contribution in [-0.2, 0) is 0 Å². The maximum Gasteiger partial charge on any atom is 0.0739 e. The van der Waals surface area contributed by atoms with Crippen molar-refractivity contribution in [2.45, 2.75) is 19.4 Å². The summed E-state index contributed by atoms with van der Waals surface area (Å²) in [6, 6.07) is 8.93. The molecule has 2 rings (SSSR count). The topological polar surface area (TPSA) is 24.4 Å². The van der Waals surface area contributed by atoms with Gasteiger partial charge in [0.15, 0.2) is 0 Å². The summed E-state index contributed by atoms with van der Waals surface area (Å²) in [5.41, 5.74) is 5.70. The molecule has 1 aliphatic rings. The molecule has 0 saturated carbocycles. The van der Waals surface area contributed by atoms with Gasteiger partial charge in [0, 0.05) is 12.6 Å². The minimum absolute atomic E-state index is 0.393. The number of nitrogens with zero attached hydrogens (tertiary/aromatic N) is 1. The van der Waals surface area contributed by atoms with E-state index in [0.29, 0.717) is 6.04 Å². The fourth-order valence-corrected chi connectivity index (χ4v) is 1.45. The van der Waals surface area contributed by atoms with Gasteiger partial charge in [0.05, 0.1) is 6.04 Å². The standard InChI is InChI=1S/C10H12N2/c1-8-3-2-4-9(7-8)10-5-6-11-12-10/h2-4,6-7,10,12H,5H2,1H3. The Morgan fingerprint density at radius 1 is 1.50 bits per heavy atom. The molecule has 0 fully saturated rings. The molecule has 0 radical (unpaired) electrons. The third kappa shape index (κ3) is 1.33. The molecule has 12 heavy (non-hydrogen) atoms. The molecule has 0 saturated heterocycles. The molecule has 0 bridgehead atoms. The highest BCUT2D eigenvalue weighted by atomic mass is 15.3. The Labute approximate surface area is 72.3 Å². The fraction of sp³-hybridized carbons (Fsp3) is 0.300. The number of rotatable bonds is 1. The highest BCUT2D eigenvalue weighted by Crippen LogP contribution is 2.19. The van der Waals surface area contributed by atoms with Gasteiger partial charge in [0.2, 0.25) is 0 Å². The van der Waals surface area contributed by atoms with Crippen LogP contribution in [0.4, 0.5) is 0 Å². The van der Waals surface area contributed by atoms with Crippen LogP contribution in [0.3, 0.4) is 0 Å². The lowest BCUT2D eigenvalue weighted by Crippen LogP contribution is -2.09. The number of benzene rings is 1. The Balaban J connectivity index is 2.22. The predicted molar refractivity (Wildman–Crippen MR) is 50.2 cm³/mol. The molecule has 1 atom stereocenters. The summed E-state index contributed by atoms with van der Waals surface area (Å²) in [6.07, 6.45) is 2.93. The summed E-state index contributed by atoms with van der Waals surface area (Å²) in [5, 5.41) is 4.00. The van der Waals surface area contributed by atoms with Crippen LogP contribution in [0.5, 0.6) is 0 Å². The molecule has 1 unspecified atom stereocenters. The van der Waals surface area contributed by atoms with Gasteiger partial charge in [0.1, 0.15) is 0 Å². The summed E-state index contributed by atoms with van der Waals surface area (Å²) in [5.74, 6) is 0. The van der Waals surface area contributed by atoms with Gasteiger partial charge in [-0.15, -0.1) is 0 Å². The molecule has 0 aliphatic carbocycles. The van der Waals surface area contributed by atoms with Crippen LogP contribution in [0.15, 0.2) is 29.4 Å². The maximum atomic E-state index is 4.00. The van der Waals surface area contributed by atoms with Gasteiger partial charge >= 0.3 is 0 Å². The zero-order valence-corrected chi connectivity index (χ0v) is 7.12. The van der Waals surface area contributed by atoms with E-state index in [9.17, 15) is 0 Å². The van der Waals surface area contributed by atoms with Crippen molar-refractivity contribution in [2.24, 2.45) is 5.10 Å². The normalized spacial score (nSPS) is 20.9. The van der Waals surface area contributed by atoms with Gasteiger partial charge < -0.3 is 5.43 Å². The summed E-state index contributed by atoms with van der Waals surface area (Å²) in [7, 11) is 0. The van der Waals surface area contributed by atoms with Gasteiger partial charge in [-0.25, -0.2) is 0 Å². The van der Waals surface area contributed by atoms with Gasteiger partial charge in [-0.2, -0.15) is 5.10 Å². The number of hydrogen-bond acceptors (Lipinski definition) is 2. The third-order valence-corrected chi connectivity index (χ3v) is 2.11. The van der Waals surface area contributed by atoms with Crippen molar-refractivity contribution < 1.29 is 0 Å². The van der Waals surface area contributed by atoms with Crippen LogP contribution in [-0.4, -0.2) is 6.21 Å². The van der Waals surface area contributed by atoms with Gasteiger partial charge in [0.25, 0.3) is 0 Å². The van der Waals surface area contributed by atoms with Crippen LogP contribution < -0.4 is 5.43 Å². The molecule has 0 spiro atoms. The SMILES string of the molecule is Cc1cccc(C2CC=NN2)c1. The van der Waals surface area contributed by atoms with Crippen LogP contribution in [0.1, 0.15) is 23.6 Å². The average Bonchev–Trinajstić information content (AvgIpc) is 2.56. The van der Waals surface area contributed by atoms with E-state index < -0.39 is 0 Å². The third-order valence-electron chi connectivity index (χ3n) is 2.11. The van der Waals surface area contributed by atoms with E-state index >= 15 is 0 Å². The Kier molecular flexibility index (Phi) is 1.82. The lowest BCUT2D eigenvalue weighted by molar-refractivity contribution is 0.620. The second-order valence-electron chi connectivity index (χ2n) is 3.14. The molecule has 1 aromatic carbocycles. The quantitative estimate of drug-likeness (QED) is 0.667. The highest BCUT2D eigenvalue weighted by molar-refractivity contribution is 5.60. The smallest absolute Gasteiger partial charge is 0.0739 e. The summed E-state index contributed by atoms with van der Waals surface area (Å²) in [6.45, 7) is 2.11. The Hall–Kier alpha value is -1.31. The molecule has 2 nitrogen and oxygen atoms in total. The number of hydrazone groups is 1. The molecule has 2 heteroatoms. The molecular weight excluding hydrogens is 148 g/mol. The van der Waals surface area contributed by atoms with E-state index in [1.165, 1.54) is 11.1 Å². The Bertz CT molecular complexity index is 296. The first-order valence-corrected chi connectivity index (χ1v) is 4.20. The summed E-state index contributed by atoms with van der Waals surface area (Å²) in [4.78, 5) is 0. The minimum Gasteiger partial charge on any atom is -0.303 e. The lowest BCUT2D eigenvalue weighted by Gasteiger charge is -2.09. The number of hydrogen-bond donors (Lipinski definition) is 1. The fourth-order valence-electron chi connectivity index (χ4n) is 1.45. The van der Waals surface area contributed by atoms with Crippen LogP contribution in [0, 0.1) is 6.92 Å². The first kappa shape index (κ1) is 7.35. The van der Waals surface area contributed by atoms with Crippen molar-refractivity contribution in [1.82, 2.24) is 5.43 Å². The first-order chi connectivity index (χ1) is 5.86. The van der Waals surface area contributed by atoms with E-state index in [1.807, 2.05) is 6.21 Å². The monoisotopic (exact) mass is 160 g/mol. The molecule has 1 heterocycles. The van der Waals surface area contributed by atoms with Gasteiger partial charge in [-0.3, -0.25) is 0 Å². The van der Waals surface area contributed by atoms with Gasteiger partial charge in [-0.05, 0) is 12.5 Å². The average molecular weight is 160 g/mol. The maximum absolute atomic E-state index is 4.00. The molecule has 1 aliphatic heterocycles. The van der Waals surface area contributed by atoms with Crippen molar-refractivity contribution in [3.63, 3.8) is 0 Å². The molecule has 1 N–H and O–H groups in total. The molecular formula is C10H12N2. The largest absolute Gasteiger partial charge is 0.303 e.